The van der Waals surface area contributed by atoms with Gasteiger partial charge >= 0.3 is 0 Å². The quantitative estimate of drug-likeness (QED) is 0.476. The van der Waals surface area contributed by atoms with Crippen molar-refractivity contribution >= 4 is 11.6 Å². The van der Waals surface area contributed by atoms with E-state index in [1.165, 1.54) is 5.56 Å². The second-order valence-electron chi connectivity index (χ2n) is 6.75. The van der Waals surface area contributed by atoms with Crippen molar-refractivity contribution in [2.24, 2.45) is 10.7 Å². The predicted octanol–water partition coefficient (Wildman–Crippen LogP) is 3.80. The molecule has 2 aromatic carbocycles. The number of methoxy groups -OCH3 is 1. The molecule has 0 aliphatic carbocycles. The van der Waals surface area contributed by atoms with Gasteiger partial charge in [0.25, 0.3) is 0 Å². The molecule has 0 aliphatic heterocycles. The molecule has 0 fully saturated rings. The van der Waals surface area contributed by atoms with Gasteiger partial charge in [0, 0.05) is 11.8 Å². The molecule has 0 aliphatic rings. The van der Waals surface area contributed by atoms with Crippen LogP contribution in [-0.4, -0.2) is 26.2 Å². The summed E-state index contributed by atoms with van der Waals surface area (Å²) in [6, 6.07) is 15.7. The van der Waals surface area contributed by atoms with Crippen molar-refractivity contribution in [2.45, 2.75) is 26.2 Å². The summed E-state index contributed by atoms with van der Waals surface area (Å²) >= 11 is 0. The SMILES string of the molecule is COc1cccc(NC(N)=NCCOc2ccc(C(C)(C)C)cc2)c1. The summed E-state index contributed by atoms with van der Waals surface area (Å²) < 4.78 is 10.9. The highest BCUT2D eigenvalue weighted by molar-refractivity contribution is 5.92. The van der Waals surface area contributed by atoms with Gasteiger partial charge in [-0.2, -0.15) is 0 Å². The summed E-state index contributed by atoms with van der Waals surface area (Å²) in [5.74, 6) is 1.95. The summed E-state index contributed by atoms with van der Waals surface area (Å²) in [5, 5.41) is 3.03. The van der Waals surface area contributed by atoms with E-state index >= 15 is 0 Å². The number of hydrogen-bond acceptors (Lipinski definition) is 3. The maximum atomic E-state index is 5.89. The first-order chi connectivity index (χ1) is 11.9. The van der Waals surface area contributed by atoms with Crippen LogP contribution in [0.2, 0.25) is 0 Å². The topological polar surface area (TPSA) is 68.9 Å². The summed E-state index contributed by atoms with van der Waals surface area (Å²) in [7, 11) is 1.63. The first-order valence-corrected chi connectivity index (χ1v) is 8.33. The number of rotatable bonds is 6. The van der Waals surface area contributed by atoms with Crippen molar-refractivity contribution in [3.05, 3.63) is 54.1 Å². The van der Waals surface area contributed by atoms with E-state index in [9.17, 15) is 0 Å². The first-order valence-electron chi connectivity index (χ1n) is 8.33. The number of anilines is 1. The Balaban J connectivity index is 1.80. The molecule has 2 aromatic rings. The van der Waals surface area contributed by atoms with Crippen LogP contribution >= 0.6 is 0 Å². The van der Waals surface area contributed by atoms with Gasteiger partial charge in [0.2, 0.25) is 0 Å². The summed E-state index contributed by atoms with van der Waals surface area (Å²) in [6.45, 7) is 7.51. The Bertz CT molecular complexity index is 704. The van der Waals surface area contributed by atoms with E-state index < -0.39 is 0 Å². The number of ether oxygens (including phenoxy) is 2. The molecule has 3 N–H and O–H groups in total. The second kappa shape index (κ2) is 8.42. The maximum Gasteiger partial charge on any atom is 0.193 e. The van der Waals surface area contributed by atoms with E-state index in [1.807, 2.05) is 36.4 Å². The predicted molar refractivity (Wildman–Crippen MR) is 104 cm³/mol. The van der Waals surface area contributed by atoms with E-state index in [-0.39, 0.29) is 5.41 Å². The molecule has 0 heterocycles. The Hall–Kier alpha value is -2.69. The van der Waals surface area contributed by atoms with Crippen molar-refractivity contribution in [1.82, 2.24) is 0 Å². The smallest absolute Gasteiger partial charge is 0.193 e. The van der Waals surface area contributed by atoms with Crippen LogP contribution in [0.1, 0.15) is 26.3 Å². The average Bonchev–Trinajstić information content (AvgIpc) is 2.58. The highest BCUT2D eigenvalue weighted by Gasteiger charge is 2.12. The molecule has 0 amide bonds. The van der Waals surface area contributed by atoms with Gasteiger partial charge in [-0.05, 0) is 35.2 Å². The molecular formula is C20H27N3O2. The van der Waals surface area contributed by atoms with Crippen LogP contribution in [0.3, 0.4) is 0 Å². The van der Waals surface area contributed by atoms with Crippen molar-refractivity contribution in [1.29, 1.82) is 0 Å². The molecule has 0 aromatic heterocycles. The standard InChI is InChI=1S/C20H27N3O2/c1-20(2,3)15-8-10-17(11-9-15)25-13-12-22-19(21)23-16-6-5-7-18(14-16)24-4/h5-11,14H,12-13H2,1-4H3,(H3,21,22,23). The second-order valence-corrected chi connectivity index (χ2v) is 6.75. The van der Waals surface area contributed by atoms with Crippen LogP contribution in [-0.2, 0) is 5.41 Å². The van der Waals surface area contributed by atoms with Crippen LogP contribution < -0.4 is 20.5 Å². The number of aliphatic imine (C=N–C) groups is 1. The molecule has 0 bridgehead atoms. The van der Waals surface area contributed by atoms with Crippen LogP contribution in [0.15, 0.2) is 53.5 Å². The van der Waals surface area contributed by atoms with Gasteiger partial charge in [-0.25, -0.2) is 4.99 Å². The highest BCUT2D eigenvalue weighted by Crippen LogP contribution is 2.24. The largest absolute Gasteiger partial charge is 0.497 e. The van der Waals surface area contributed by atoms with E-state index in [0.717, 1.165) is 17.2 Å². The number of nitrogens with zero attached hydrogens (tertiary/aromatic N) is 1. The van der Waals surface area contributed by atoms with E-state index in [1.54, 1.807) is 7.11 Å². The van der Waals surface area contributed by atoms with E-state index in [2.05, 4.69) is 43.2 Å². The van der Waals surface area contributed by atoms with Gasteiger partial charge in [0.05, 0.1) is 13.7 Å². The molecular weight excluding hydrogens is 314 g/mol. The summed E-state index contributed by atoms with van der Waals surface area (Å²) in [4.78, 5) is 4.26. The molecule has 0 saturated carbocycles. The van der Waals surface area contributed by atoms with Crippen molar-refractivity contribution in [3.8, 4) is 11.5 Å². The highest BCUT2D eigenvalue weighted by atomic mass is 16.5. The Morgan fingerprint density at radius 3 is 2.44 bits per heavy atom. The van der Waals surface area contributed by atoms with Crippen molar-refractivity contribution in [3.63, 3.8) is 0 Å². The minimum Gasteiger partial charge on any atom is -0.497 e. The van der Waals surface area contributed by atoms with Crippen molar-refractivity contribution < 1.29 is 9.47 Å². The number of nitrogens with one attached hydrogen (secondary N) is 1. The van der Waals surface area contributed by atoms with Gasteiger partial charge in [-0.15, -0.1) is 0 Å². The summed E-state index contributed by atoms with van der Waals surface area (Å²) in [5.41, 5.74) is 8.14. The number of hydrogen-bond donors (Lipinski definition) is 2. The van der Waals surface area contributed by atoms with Crippen LogP contribution in [0.5, 0.6) is 11.5 Å². The first kappa shape index (κ1) is 18.6. The molecule has 0 radical (unpaired) electrons. The molecule has 5 heteroatoms. The van der Waals surface area contributed by atoms with Gasteiger partial charge in [0.1, 0.15) is 18.1 Å². The zero-order valence-corrected chi connectivity index (χ0v) is 15.4. The third kappa shape index (κ3) is 6.03. The fourth-order valence-corrected chi connectivity index (χ4v) is 2.27. The number of benzene rings is 2. The Labute approximate surface area is 149 Å². The lowest BCUT2D eigenvalue weighted by molar-refractivity contribution is 0.328. The van der Waals surface area contributed by atoms with E-state index in [4.69, 9.17) is 15.2 Å². The van der Waals surface area contributed by atoms with Crippen LogP contribution in [0, 0.1) is 0 Å². The van der Waals surface area contributed by atoms with Gasteiger partial charge < -0.3 is 20.5 Å². The van der Waals surface area contributed by atoms with Gasteiger partial charge in [-0.1, -0.05) is 39.0 Å². The number of nitrogens with two attached hydrogens (primary N) is 1. The fraction of sp³-hybridized carbons (Fsp3) is 0.350. The Morgan fingerprint density at radius 1 is 1.08 bits per heavy atom. The molecule has 0 saturated heterocycles. The molecule has 2 rings (SSSR count). The maximum absolute atomic E-state index is 5.89. The monoisotopic (exact) mass is 341 g/mol. The van der Waals surface area contributed by atoms with Gasteiger partial charge in [0.15, 0.2) is 5.96 Å². The molecule has 0 spiro atoms. The lowest BCUT2D eigenvalue weighted by Gasteiger charge is -2.19. The lowest BCUT2D eigenvalue weighted by Crippen LogP contribution is -2.23. The van der Waals surface area contributed by atoms with Crippen LogP contribution in [0.4, 0.5) is 5.69 Å². The lowest BCUT2D eigenvalue weighted by atomic mass is 9.87. The zero-order chi connectivity index (χ0) is 18.3. The molecule has 134 valence electrons. The molecule has 5 nitrogen and oxygen atoms in total. The normalized spacial score (nSPS) is 11.9. The van der Waals surface area contributed by atoms with Crippen molar-refractivity contribution in [2.75, 3.05) is 25.6 Å². The van der Waals surface area contributed by atoms with E-state index in [0.29, 0.717) is 19.1 Å². The van der Waals surface area contributed by atoms with Gasteiger partial charge in [-0.3, -0.25) is 0 Å². The molecule has 25 heavy (non-hydrogen) atoms. The Morgan fingerprint density at radius 2 is 1.80 bits per heavy atom. The zero-order valence-electron chi connectivity index (χ0n) is 15.4. The third-order valence-electron chi connectivity index (χ3n) is 3.70. The summed E-state index contributed by atoms with van der Waals surface area (Å²) in [6.07, 6.45) is 0. The minimum absolute atomic E-state index is 0.142. The number of guanidine groups is 1. The molecule has 0 unspecified atom stereocenters. The minimum atomic E-state index is 0.142. The average molecular weight is 341 g/mol. The molecule has 0 atom stereocenters. The van der Waals surface area contributed by atoms with Crippen LogP contribution in [0.25, 0.3) is 0 Å². The third-order valence-corrected chi connectivity index (χ3v) is 3.70. The fourth-order valence-electron chi connectivity index (χ4n) is 2.27. The Kier molecular flexibility index (Phi) is 6.28.